The van der Waals surface area contributed by atoms with Gasteiger partial charge in [-0.2, -0.15) is 11.8 Å². The third kappa shape index (κ3) is 4.06. The second-order valence-electron chi connectivity index (χ2n) is 3.40. The number of benzene rings is 1. The Morgan fingerprint density at radius 2 is 2.18 bits per heavy atom. The molecule has 0 aliphatic heterocycles. The summed E-state index contributed by atoms with van der Waals surface area (Å²) in [7, 11) is -3.62. The van der Waals surface area contributed by atoms with Gasteiger partial charge in [0.25, 0.3) is 0 Å². The Labute approximate surface area is 111 Å². The van der Waals surface area contributed by atoms with Crippen molar-refractivity contribution in [1.29, 1.82) is 0 Å². The van der Waals surface area contributed by atoms with Crippen molar-refractivity contribution in [3.8, 4) is 0 Å². The molecule has 0 fully saturated rings. The van der Waals surface area contributed by atoms with Gasteiger partial charge in [-0.1, -0.05) is 17.7 Å². The summed E-state index contributed by atoms with van der Waals surface area (Å²) in [6.07, 6.45) is 2.74. The van der Waals surface area contributed by atoms with Gasteiger partial charge in [-0.3, -0.25) is 0 Å². The van der Waals surface area contributed by atoms with Crippen molar-refractivity contribution in [2.45, 2.75) is 11.3 Å². The number of hydrogen-bond donors (Lipinski definition) is 2. The molecule has 0 aliphatic carbocycles. The molecule has 1 rings (SSSR count). The average molecular weight is 295 g/mol. The molecule has 3 N–H and O–H groups in total. The quantitative estimate of drug-likeness (QED) is 0.621. The summed E-state index contributed by atoms with van der Waals surface area (Å²) in [5.74, 6) is 0.903. The zero-order valence-electron chi connectivity index (χ0n) is 9.44. The molecule has 0 heterocycles. The molecule has 1 aromatic rings. The number of rotatable bonds is 6. The molecule has 7 heteroatoms. The SMILES string of the molecule is CSCCCNS(=O)(=O)c1c(N)cccc1Cl. The minimum atomic E-state index is -3.62. The van der Waals surface area contributed by atoms with E-state index in [1.54, 1.807) is 17.8 Å². The van der Waals surface area contributed by atoms with E-state index < -0.39 is 10.0 Å². The molecule has 0 saturated heterocycles. The number of sulfonamides is 1. The van der Waals surface area contributed by atoms with Crippen LogP contribution in [0.5, 0.6) is 0 Å². The van der Waals surface area contributed by atoms with Crippen LogP contribution in [-0.4, -0.2) is 27.0 Å². The van der Waals surface area contributed by atoms with Crippen molar-refractivity contribution in [2.24, 2.45) is 0 Å². The topological polar surface area (TPSA) is 72.2 Å². The minimum Gasteiger partial charge on any atom is -0.398 e. The van der Waals surface area contributed by atoms with Crippen molar-refractivity contribution < 1.29 is 8.42 Å². The van der Waals surface area contributed by atoms with Crippen molar-refractivity contribution in [1.82, 2.24) is 4.72 Å². The molecule has 1 aromatic carbocycles. The Kier molecular flexibility index (Phi) is 5.58. The van der Waals surface area contributed by atoms with Gasteiger partial charge in [-0.15, -0.1) is 0 Å². The largest absolute Gasteiger partial charge is 0.398 e. The van der Waals surface area contributed by atoms with Gasteiger partial charge >= 0.3 is 0 Å². The Bertz CT molecular complexity index is 457. The smallest absolute Gasteiger partial charge is 0.244 e. The lowest BCUT2D eigenvalue weighted by atomic mass is 10.3. The summed E-state index contributed by atoms with van der Waals surface area (Å²) in [6.45, 7) is 0.383. The summed E-state index contributed by atoms with van der Waals surface area (Å²) in [5, 5.41) is 0.141. The van der Waals surface area contributed by atoms with E-state index in [1.165, 1.54) is 12.1 Å². The fourth-order valence-corrected chi connectivity index (χ4v) is 3.48. The van der Waals surface area contributed by atoms with Crippen LogP contribution >= 0.6 is 23.4 Å². The van der Waals surface area contributed by atoms with Crippen molar-refractivity contribution >= 4 is 39.1 Å². The molecule has 96 valence electrons. The first-order valence-corrected chi connectivity index (χ1v) is 8.27. The highest BCUT2D eigenvalue weighted by atomic mass is 35.5. The zero-order chi connectivity index (χ0) is 12.9. The van der Waals surface area contributed by atoms with E-state index in [9.17, 15) is 8.42 Å². The highest BCUT2D eigenvalue weighted by Crippen LogP contribution is 2.26. The highest BCUT2D eigenvalue weighted by Gasteiger charge is 2.20. The predicted molar refractivity (Wildman–Crippen MR) is 74.1 cm³/mol. The molecule has 0 unspecified atom stereocenters. The molecule has 0 radical (unpaired) electrons. The van der Waals surface area contributed by atoms with E-state index >= 15 is 0 Å². The number of nitrogens with two attached hydrogens (primary N) is 1. The second-order valence-corrected chi connectivity index (χ2v) is 6.50. The molecule has 4 nitrogen and oxygen atoms in total. The summed E-state index contributed by atoms with van der Waals surface area (Å²) in [4.78, 5) is -0.0363. The first-order valence-electron chi connectivity index (χ1n) is 5.01. The number of nitrogens with one attached hydrogen (secondary N) is 1. The van der Waals surface area contributed by atoms with Gasteiger partial charge in [-0.05, 0) is 30.6 Å². The lowest BCUT2D eigenvalue weighted by Crippen LogP contribution is -2.26. The van der Waals surface area contributed by atoms with E-state index in [0.717, 1.165) is 12.2 Å². The van der Waals surface area contributed by atoms with Gasteiger partial charge in [-0.25, -0.2) is 13.1 Å². The summed E-state index contributed by atoms with van der Waals surface area (Å²) >= 11 is 7.52. The molecule has 0 aliphatic rings. The molecule has 0 amide bonds. The fourth-order valence-electron chi connectivity index (χ4n) is 1.30. The molecule has 17 heavy (non-hydrogen) atoms. The van der Waals surface area contributed by atoms with Gasteiger partial charge in [0.15, 0.2) is 0 Å². The molecule has 0 spiro atoms. The van der Waals surface area contributed by atoms with Crippen molar-refractivity contribution in [3.05, 3.63) is 23.2 Å². The molecule has 0 saturated carbocycles. The lowest BCUT2D eigenvalue weighted by molar-refractivity contribution is 0.581. The monoisotopic (exact) mass is 294 g/mol. The normalized spacial score (nSPS) is 11.6. The Morgan fingerprint density at radius 1 is 1.47 bits per heavy atom. The van der Waals surface area contributed by atoms with Gasteiger partial charge in [0.1, 0.15) is 4.90 Å². The highest BCUT2D eigenvalue weighted by molar-refractivity contribution is 7.98. The molecule has 0 aromatic heterocycles. The van der Waals surface area contributed by atoms with Crippen LogP contribution in [0.2, 0.25) is 5.02 Å². The van der Waals surface area contributed by atoms with Crippen molar-refractivity contribution in [3.63, 3.8) is 0 Å². The third-order valence-electron chi connectivity index (χ3n) is 2.08. The second kappa shape index (κ2) is 6.49. The van der Waals surface area contributed by atoms with E-state index in [1.807, 2.05) is 6.26 Å². The molecule has 0 bridgehead atoms. The lowest BCUT2D eigenvalue weighted by Gasteiger charge is -2.10. The van der Waals surface area contributed by atoms with E-state index in [2.05, 4.69) is 4.72 Å². The number of anilines is 1. The fraction of sp³-hybridized carbons (Fsp3) is 0.400. The zero-order valence-corrected chi connectivity index (χ0v) is 11.8. The number of hydrogen-bond acceptors (Lipinski definition) is 4. The van der Waals surface area contributed by atoms with Crippen LogP contribution in [0.25, 0.3) is 0 Å². The Hall–Kier alpha value is -0.430. The van der Waals surface area contributed by atoms with Crippen LogP contribution in [0, 0.1) is 0 Å². The maximum absolute atomic E-state index is 12.0. The van der Waals surface area contributed by atoms with Crippen LogP contribution < -0.4 is 10.5 Å². The van der Waals surface area contributed by atoms with Crippen LogP contribution in [0.1, 0.15) is 6.42 Å². The molecular weight excluding hydrogens is 280 g/mol. The Morgan fingerprint density at radius 3 is 2.76 bits per heavy atom. The van der Waals surface area contributed by atoms with Gasteiger partial charge in [0.05, 0.1) is 10.7 Å². The van der Waals surface area contributed by atoms with Crippen LogP contribution in [0.3, 0.4) is 0 Å². The van der Waals surface area contributed by atoms with Gasteiger partial charge in [0.2, 0.25) is 10.0 Å². The first-order chi connectivity index (χ1) is 7.99. The molecular formula is C10H15ClN2O2S2. The standard InChI is InChI=1S/C10H15ClN2O2S2/c1-16-7-3-6-13-17(14,15)10-8(11)4-2-5-9(10)12/h2,4-5,13H,3,6-7,12H2,1H3. The van der Waals surface area contributed by atoms with Crippen LogP contribution in [-0.2, 0) is 10.0 Å². The minimum absolute atomic E-state index is 0.0363. The summed E-state index contributed by atoms with van der Waals surface area (Å²) in [6, 6.07) is 4.64. The summed E-state index contributed by atoms with van der Waals surface area (Å²) in [5.41, 5.74) is 5.79. The maximum Gasteiger partial charge on any atom is 0.244 e. The predicted octanol–water partition coefficient (Wildman–Crippen LogP) is 1.95. The number of thioether (sulfide) groups is 1. The van der Waals surface area contributed by atoms with E-state index in [-0.39, 0.29) is 15.6 Å². The van der Waals surface area contributed by atoms with E-state index in [0.29, 0.717) is 6.54 Å². The average Bonchev–Trinajstić information content (AvgIpc) is 2.24. The summed E-state index contributed by atoms with van der Waals surface area (Å²) < 4.78 is 26.4. The maximum atomic E-state index is 12.0. The molecule has 0 atom stereocenters. The van der Waals surface area contributed by atoms with Crippen molar-refractivity contribution in [2.75, 3.05) is 24.3 Å². The van der Waals surface area contributed by atoms with Gasteiger partial charge in [0, 0.05) is 6.54 Å². The third-order valence-corrected chi connectivity index (χ3v) is 4.78. The number of nitrogen functional groups attached to an aromatic ring is 1. The van der Waals surface area contributed by atoms with Crippen LogP contribution in [0.4, 0.5) is 5.69 Å². The Balaban J connectivity index is 2.83. The van der Waals surface area contributed by atoms with Gasteiger partial charge < -0.3 is 5.73 Å². The van der Waals surface area contributed by atoms with E-state index in [4.69, 9.17) is 17.3 Å². The first kappa shape index (κ1) is 14.6. The number of halogens is 1. The van der Waals surface area contributed by atoms with Crippen LogP contribution in [0.15, 0.2) is 23.1 Å².